The minimum Gasteiger partial charge on any atom is -0.633 e. The maximum absolute atomic E-state index is 5.04. The maximum Gasteiger partial charge on any atom is 2.00 e. The molecular formula is C6H4OU. The molecule has 1 heterocycles. The predicted molar refractivity (Wildman–Crippen MR) is 26.3 cm³/mol. The average molecular weight is 330 g/mol. The van der Waals surface area contributed by atoms with Gasteiger partial charge in [0.05, 0.1) is 0 Å². The molecule has 0 aliphatic carbocycles. The summed E-state index contributed by atoms with van der Waals surface area (Å²) >= 11 is 0. The zero-order valence-corrected chi connectivity index (χ0v) is 8.38. The summed E-state index contributed by atoms with van der Waals surface area (Å²) in [5.41, 5.74) is 0. The minimum absolute atomic E-state index is 0. The van der Waals surface area contributed by atoms with Crippen LogP contribution in [0.15, 0.2) is 16.7 Å². The smallest absolute Gasteiger partial charge is 0.633 e. The van der Waals surface area contributed by atoms with Crippen LogP contribution in [0.25, 0.3) is 6.08 Å². The Morgan fingerprint density at radius 1 is 1.75 bits per heavy atom. The van der Waals surface area contributed by atoms with Crippen LogP contribution in [0.2, 0.25) is 0 Å². The van der Waals surface area contributed by atoms with Crippen LogP contribution in [-0.2, 0) is 0 Å². The van der Waals surface area contributed by atoms with E-state index in [4.69, 9.17) is 11.0 Å². The molecule has 1 rings (SSSR count). The summed E-state index contributed by atoms with van der Waals surface area (Å²) in [6.07, 6.45) is 2.89. The van der Waals surface area contributed by atoms with E-state index in [1.807, 2.05) is 0 Å². The van der Waals surface area contributed by atoms with Crippen LogP contribution in [0.1, 0.15) is 5.76 Å². The van der Waals surface area contributed by atoms with Crippen molar-refractivity contribution in [2.45, 2.75) is 0 Å². The van der Waals surface area contributed by atoms with Gasteiger partial charge in [0.2, 0.25) is 0 Å². The summed E-state index contributed by atoms with van der Waals surface area (Å²) < 4.78 is 4.75. The molecule has 0 amide bonds. The summed E-state index contributed by atoms with van der Waals surface area (Å²) in [5.74, 6) is 0.583. The van der Waals surface area contributed by atoms with Gasteiger partial charge in [-0.05, 0) is 6.26 Å². The van der Waals surface area contributed by atoms with E-state index in [9.17, 15) is 0 Å². The molecule has 1 aromatic heterocycles. The number of hydrogen-bond donors (Lipinski definition) is 0. The Morgan fingerprint density at radius 2 is 2.50 bits per heavy atom. The predicted octanol–water partition coefficient (Wildman–Crippen LogP) is 1.53. The third-order valence-corrected chi connectivity index (χ3v) is 0.640. The van der Waals surface area contributed by atoms with Gasteiger partial charge >= 0.3 is 31.1 Å². The maximum atomic E-state index is 5.04. The Kier molecular flexibility index (Phi) is 4.04. The third-order valence-electron chi connectivity index (χ3n) is 0.640. The molecule has 0 aromatic carbocycles. The Balaban J connectivity index is 0.000000490. The van der Waals surface area contributed by atoms with E-state index in [0.717, 1.165) is 0 Å². The second kappa shape index (κ2) is 4.00. The molecule has 0 fully saturated rings. The Labute approximate surface area is 72.1 Å². The second-order valence-corrected chi connectivity index (χ2v) is 1.10. The normalized spacial score (nSPS) is 7.50. The fourth-order valence-electron chi connectivity index (χ4n) is 0.345. The van der Waals surface area contributed by atoms with E-state index in [-0.39, 0.29) is 31.1 Å². The fraction of sp³-hybridized carbons (Fsp3) is 0. The van der Waals surface area contributed by atoms with Crippen molar-refractivity contribution in [1.29, 1.82) is 0 Å². The quantitative estimate of drug-likeness (QED) is 0.712. The Morgan fingerprint density at radius 3 is 2.75 bits per heavy atom. The Hall–Kier alpha value is 0.0719. The topological polar surface area (TPSA) is 13.1 Å². The van der Waals surface area contributed by atoms with Gasteiger partial charge in [0.1, 0.15) is 0 Å². The van der Waals surface area contributed by atoms with Crippen molar-refractivity contribution in [2.75, 3.05) is 0 Å². The largest absolute Gasteiger partial charge is 2.00 e. The van der Waals surface area contributed by atoms with E-state index in [1.165, 1.54) is 12.3 Å². The second-order valence-electron chi connectivity index (χ2n) is 1.10. The molecule has 0 saturated heterocycles. The molecule has 1 nitrogen and oxygen atoms in total. The SMILES string of the molecule is [CH-]=Cc1[c-]cco1.[U+2]. The van der Waals surface area contributed by atoms with Crippen LogP contribution < -0.4 is 0 Å². The van der Waals surface area contributed by atoms with Gasteiger partial charge in [-0.2, -0.15) is 11.8 Å². The van der Waals surface area contributed by atoms with Crippen LogP contribution >= 0.6 is 0 Å². The molecule has 0 bridgehead atoms. The van der Waals surface area contributed by atoms with Gasteiger partial charge in [-0.3, -0.25) is 0 Å². The molecular weight excluding hydrogens is 326 g/mol. The number of rotatable bonds is 1. The van der Waals surface area contributed by atoms with E-state index in [0.29, 0.717) is 5.76 Å². The molecule has 38 valence electrons. The van der Waals surface area contributed by atoms with Gasteiger partial charge < -0.3 is 17.1 Å². The van der Waals surface area contributed by atoms with Crippen molar-refractivity contribution in [1.82, 2.24) is 0 Å². The Bertz CT molecular complexity index is 144. The molecule has 2 heteroatoms. The number of hydrogen-bond acceptors (Lipinski definition) is 1. The molecule has 0 N–H and O–H groups in total. The first-order chi connectivity index (χ1) is 3.43. The van der Waals surface area contributed by atoms with Gasteiger partial charge in [0.15, 0.2) is 0 Å². The van der Waals surface area contributed by atoms with Crippen molar-refractivity contribution in [3.05, 3.63) is 30.7 Å². The van der Waals surface area contributed by atoms with Crippen molar-refractivity contribution in [3.63, 3.8) is 0 Å². The molecule has 0 atom stereocenters. The molecule has 0 spiro atoms. The first-order valence-electron chi connectivity index (χ1n) is 1.93. The first kappa shape index (κ1) is 8.07. The van der Waals surface area contributed by atoms with Gasteiger partial charge in [0.25, 0.3) is 0 Å². The van der Waals surface area contributed by atoms with Gasteiger partial charge in [-0.15, -0.1) is 0 Å². The molecule has 0 radical (unpaired) electrons. The summed E-state index contributed by atoms with van der Waals surface area (Å²) in [6, 6.07) is 4.40. The summed E-state index contributed by atoms with van der Waals surface area (Å²) in [4.78, 5) is 0. The van der Waals surface area contributed by atoms with Gasteiger partial charge in [0, 0.05) is 0 Å². The summed E-state index contributed by atoms with van der Waals surface area (Å²) in [5, 5.41) is 0. The van der Waals surface area contributed by atoms with Crippen LogP contribution in [0.3, 0.4) is 0 Å². The fourth-order valence-corrected chi connectivity index (χ4v) is 0.345. The zero-order chi connectivity index (χ0) is 5.11. The van der Waals surface area contributed by atoms with Crippen LogP contribution in [0.5, 0.6) is 0 Å². The molecule has 8 heavy (non-hydrogen) atoms. The van der Waals surface area contributed by atoms with Crippen LogP contribution in [-0.4, -0.2) is 0 Å². The zero-order valence-electron chi connectivity index (χ0n) is 4.22. The van der Waals surface area contributed by atoms with Crippen molar-refractivity contribution in [3.8, 4) is 0 Å². The molecule has 0 saturated carbocycles. The summed E-state index contributed by atoms with van der Waals surface area (Å²) in [6.45, 7) is 5.04. The third kappa shape index (κ3) is 1.90. The molecule has 0 aliphatic heterocycles. The monoisotopic (exact) mass is 330 g/mol. The minimum atomic E-state index is 0. The van der Waals surface area contributed by atoms with E-state index in [1.54, 1.807) is 6.07 Å². The van der Waals surface area contributed by atoms with Crippen molar-refractivity contribution in [2.24, 2.45) is 0 Å². The van der Waals surface area contributed by atoms with Gasteiger partial charge in [-0.1, -0.05) is 0 Å². The summed E-state index contributed by atoms with van der Waals surface area (Å²) in [7, 11) is 0. The van der Waals surface area contributed by atoms with Crippen LogP contribution in [0.4, 0.5) is 0 Å². The average Bonchev–Trinajstić information content (AvgIpc) is 2.14. The molecule has 1 aromatic rings. The van der Waals surface area contributed by atoms with E-state index in [2.05, 4.69) is 6.07 Å². The molecule has 0 unspecified atom stereocenters. The van der Waals surface area contributed by atoms with E-state index >= 15 is 0 Å². The first-order valence-corrected chi connectivity index (χ1v) is 1.93. The van der Waals surface area contributed by atoms with Gasteiger partial charge in [-0.25, -0.2) is 6.07 Å². The van der Waals surface area contributed by atoms with E-state index < -0.39 is 0 Å². The van der Waals surface area contributed by atoms with Crippen molar-refractivity contribution < 1.29 is 35.5 Å². The van der Waals surface area contributed by atoms with Crippen molar-refractivity contribution >= 4 is 6.08 Å². The van der Waals surface area contributed by atoms with Crippen LogP contribution in [0, 0.1) is 43.8 Å². The molecule has 0 aliphatic rings. The standard InChI is InChI=1S/C6H4O.U/c1-2-6-4-3-5-7-6;/h1-3,5H;/q-2;+2. The number of furan rings is 1.